The topological polar surface area (TPSA) is 47.3 Å². The molecule has 0 bridgehead atoms. The SMILES string of the molecule is Cc1cccc(OCCC(Cc2cccc(Br)c2)NN)c1. The van der Waals surface area contributed by atoms with Crippen molar-refractivity contribution in [2.24, 2.45) is 5.84 Å². The van der Waals surface area contributed by atoms with E-state index in [1.165, 1.54) is 11.1 Å². The normalized spacial score (nSPS) is 12.1. The van der Waals surface area contributed by atoms with Gasteiger partial charge in [-0.25, -0.2) is 0 Å². The first-order valence-corrected chi connectivity index (χ1v) is 7.86. The Morgan fingerprint density at radius 1 is 1.19 bits per heavy atom. The van der Waals surface area contributed by atoms with Crippen molar-refractivity contribution in [3.8, 4) is 5.75 Å². The van der Waals surface area contributed by atoms with Gasteiger partial charge >= 0.3 is 0 Å². The lowest BCUT2D eigenvalue weighted by atomic mass is 10.0. The highest BCUT2D eigenvalue weighted by Gasteiger charge is 2.08. The summed E-state index contributed by atoms with van der Waals surface area (Å²) >= 11 is 3.49. The molecule has 21 heavy (non-hydrogen) atoms. The van der Waals surface area contributed by atoms with E-state index >= 15 is 0 Å². The monoisotopic (exact) mass is 348 g/mol. The predicted octanol–water partition coefficient (Wildman–Crippen LogP) is 3.60. The Balaban J connectivity index is 1.82. The van der Waals surface area contributed by atoms with Gasteiger partial charge in [0.15, 0.2) is 0 Å². The van der Waals surface area contributed by atoms with Crippen LogP contribution in [0.2, 0.25) is 0 Å². The smallest absolute Gasteiger partial charge is 0.119 e. The summed E-state index contributed by atoms with van der Waals surface area (Å²) in [6.07, 6.45) is 1.74. The molecule has 0 fully saturated rings. The second kappa shape index (κ2) is 8.17. The first kappa shape index (κ1) is 16.0. The molecule has 0 aliphatic heterocycles. The highest BCUT2D eigenvalue weighted by molar-refractivity contribution is 9.10. The van der Waals surface area contributed by atoms with E-state index in [9.17, 15) is 0 Å². The summed E-state index contributed by atoms with van der Waals surface area (Å²) < 4.78 is 6.87. The predicted molar refractivity (Wildman–Crippen MR) is 90.2 cm³/mol. The van der Waals surface area contributed by atoms with Crippen LogP contribution in [0, 0.1) is 6.92 Å². The van der Waals surface area contributed by atoms with Gasteiger partial charge < -0.3 is 4.74 Å². The third-order valence-electron chi connectivity index (χ3n) is 3.33. The average molecular weight is 349 g/mol. The first-order valence-electron chi connectivity index (χ1n) is 7.07. The highest BCUT2D eigenvalue weighted by Crippen LogP contribution is 2.15. The lowest BCUT2D eigenvalue weighted by Crippen LogP contribution is -2.37. The molecule has 3 nitrogen and oxygen atoms in total. The molecule has 2 aromatic carbocycles. The summed E-state index contributed by atoms with van der Waals surface area (Å²) in [6.45, 7) is 2.71. The van der Waals surface area contributed by atoms with Crippen LogP contribution < -0.4 is 16.0 Å². The second-order valence-corrected chi connectivity index (χ2v) is 6.07. The molecule has 2 aromatic rings. The molecule has 0 aromatic heterocycles. The van der Waals surface area contributed by atoms with Gasteiger partial charge in [-0.1, -0.05) is 40.2 Å². The third kappa shape index (κ3) is 5.50. The lowest BCUT2D eigenvalue weighted by Gasteiger charge is -2.16. The van der Waals surface area contributed by atoms with E-state index < -0.39 is 0 Å². The van der Waals surface area contributed by atoms with Crippen molar-refractivity contribution in [2.75, 3.05) is 6.61 Å². The fourth-order valence-electron chi connectivity index (χ4n) is 2.22. The number of hydrogen-bond donors (Lipinski definition) is 2. The molecule has 0 saturated heterocycles. The van der Waals surface area contributed by atoms with Gasteiger partial charge in [-0.2, -0.15) is 0 Å². The molecule has 1 atom stereocenters. The summed E-state index contributed by atoms with van der Waals surface area (Å²) in [5.74, 6) is 6.56. The van der Waals surface area contributed by atoms with Gasteiger partial charge in [0.1, 0.15) is 5.75 Å². The Morgan fingerprint density at radius 3 is 2.71 bits per heavy atom. The van der Waals surface area contributed by atoms with Gasteiger partial charge in [-0.05, 0) is 55.2 Å². The molecule has 3 N–H and O–H groups in total. The van der Waals surface area contributed by atoms with Crippen molar-refractivity contribution in [1.29, 1.82) is 0 Å². The van der Waals surface area contributed by atoms with Gasteiger partial charge in [0.2, 0.25) is 0 Å². The quantitative estimate of drug-likeness (QED) is 0.593. The number of halogens is 1. The van der Waals surface area contributed by atoms with Crippen LogP contribution in [-0.4, -0.2) is 12.6 Å². The zero-order chi connectivity index (χ0) is 15.1. The molecule has 0 heterocycles. The number of ether oxygens (including phenoxy) is 1. The number of nitrogens with two attached hydrogens (primary N) is 1. The molecule has 2 rings (SSSR count). The van der Waals surface area contributed by atoms with E-state index in [1.54, 1.807) is 0 Å². The van der Waals surface area contributed by atoms with Crippen LogP contribution in [-0.2, 0) is 6.42 Å². The van der Waals surface area contributed by atoms with E-state index in [2.05, 4.69) is 46.5 Å². The van der Waals surface area contributed by atoms with E-state index in [-0.39, 0.29) is 6.04 Å². The van der Waals surface area contributed by atoms with Gasteiger partial charge in [0, 0.05) is 10.5 Å². The molecule has 0 saturated carbocycles. The largest absolute Gasteiger partial charge is 0.494 e. The van der Waals surface area contributed by atoms with Crippen LogP contribution in [0.25, 0.3) is 0 Å². The minimum absolute atomic E-state index is 0.198. The Bertz CT molecular complexity index is 574. The van der Waals surface area contributed by atoms with E-state index in [4.69, 9.17) is 10.6 Å². The van der Waals surface area contributed by atoms with Gasteiger partial charge in [-0.3, -0.25) is 11.3 Å². The molecule has 0 spiro atoms. The number of hydrogen-bond acceptors (Lipinski definition) is 3. The number of rotatable bonds is 7. The maximum atomic E-state index is 5.78. The number of nitrogens with one attached hydrogen (secondary N) is 1. The minimum Gasteiger partial charge on any atom is -0.494 e. The Morgan fingerprint density at radius 2 is 2.00 bits per heavy atom. The minimum atomic E-state index is 0.198. The van der Waals surface area contributed by atoms with Crippen molar-refractivity contribution in [3.05, 3.63) is 64.1 Å². The molecule has 4 heteroatoms. The van der Waals surface area contributed by atoms with Crippen LogP contribution >= 0.6 is 15.9 Å². The summed E-state index contributed by atoms with van der Waals surface area (Å²) in [6, 6.07) is 16.6. The number of benzene rings is 2. The molecule has 0 aliphatic rings. The molecular formula is C17H21BrN2O. The molecule has 0 radical (unpaired) electrons. The van der Waals surface area contributed by atoms with Crippen LogP contribution in [0.15, 0.2) is 53.0 Å². The van der Waals surface area contributed by atoms with Gasteiger partial charge in [0.05, 0.1) is 6.61 Å². The maximum absolute atomic E-state index is 5.78. The van der Waals surface area contributed by atoms with Crippen LogP contribution in [0.1, 0.15) is 17.5 Å². The Hall–Kier alpha value is -1.36. The first-order chi connectivity index (χ1) is 10.2. The fourth-order valence-corrected chi connectivity index (χ4v) is 2.66. The fraction of sp³-hybridized carbons (Fsp3) is 0.294. The zero-order valence-corrected chi connectivity index (χ0v) is 13.8. The summed E-state index contributed by atoms with van der Waals surface area (Å²) in [5.41, 5.74) is 5.33. The van der Waals surface area contributed by atoms with Crippen molar-refractivity contribution in [1.82, 2.24) is 5.43 Å². The summed E-state index contributed by atoms with van der Waals surface area (Å²) in [7, 11) is 0. The van der Waals surface area contributed by atoms with E-state index in [0.29, 0.717) is 6.61 Å². The van der Waals surface area contributed by atoms with Crippen LogP contribution in [0.3, 0.4) is 0 Å². The molecular weight excluding hydrogens is 328 g/mol. The van der Waals surface area contributed by atoms with E-state index in [1.807, 2.05) is 30.3 Å². The van der Waals surface area contributed by atoms with Crippen molar-refractivity contribution < 1.29 is 4.74 Å². The standard InChI is InChI=1S/C17H21BrN2O/c1-13-4-2-7-17(10-13)21-9-8-16(20-19)12-14-5-3-6-15(18)11-14/h2-7,10-11,16,20H,8-9,12,19H2,1H3. The van der Waals surface area contributed by atoms with Crippen molar-refractivity contribution in [2.45, 2.75) is 25.8 Å². The Labute approximate surface area is 134 Å². The summed E-state index contributed by atoms with van der Waals surface area (Å²) in [5, 5.41) is 0. The number of hydrazine groups is 1. The maximum Gasteiger partial charge on any atom is 0.119 e. The molecule has 0 amide bonds. The molecule has 1 unspecified atom stereocenters. The Kier molecular flexibility index (Phi) is 6.23. The van der Waals surface area contributed by atoms with E-state index in [0.717, 1.165) is 23.1 Å². The second-order valence-electron chi connectivity index (χ2n) is 5.15. The molecule has 112 valence electrons. The lowest BCUT2D eigenvalue weighted by molar-refractivity contribution is 0.285. The highest BCUT2D eigenvalue weighted by atomic mass is 79.9. The third-order valence-corrected chi connectivity index (χ3v) is 3.82. The van der Waals surface area contributed by atoms with Crippen molar-refractivity contribution in [3.63, 3.8) is 0 Å². The number of aryl methyl sites for hydroxylation is 1. The summed E-state index contributed by atoms with van der Waals surface area (Å²) in [4.78, 5) is 0. The van der Waals surface area contributed by atoms with Crippen molar-refractivity contribution >= 4 is 15.9 Å². The average Bonchev–Trinajstić information content (AvgIpc) is 2.46. The molecule has 0 aliphatic carbocycles. The zero-order valence-electron chi connectivity index (χ0n) is 12.2. The van der Waals surface area contributed by atoms with Gasteiger partial charge in [-0.15, -0.1) is 0 Å². The van der Waals surface area contributed by atoms with Crippen LogP contribution in [0.4, 0.5) is 0 Å². The van der Waals surface area contributed by atoms with Crippen LogP contribution in [0.5, 0.6) is 5.75 Å². The van der Waals surface area contributed by atoms with Gasteiger partial charge in [0.25, 0.3) is 0 Å².